The molecule has 1 aliphatic rings. The van der Waals surface area contributed by atoms with Gasteiger partial charge in [0.2, 0.25) is 0 Å². The molecule has 1 fully saturated rings. The quantitative estimate of drug-likeness (QED) is 0.699. The van der Waals surface area contributed by atoms with Gasteiger partial charge in [-0.2, -0.15) is 0 Å². The van der Waals surface area contributed by atoms with Crippen molar-refractivity contribution < 1.29 is 4.42 Å². The van der Waals surface area contributed by atoms with Gasteiger partial charge in [-0.1, -0.05) is 29.8 Å². The lowest BCUT2D eigenvalue weighted by Gasteiger charge is -2.37. The summed E-state index contributed by atoms with van der Waals surface area (Å²) in [6, 6.07) is 12.5. The van der Waals surface area contributed by atoms with E-state index < -0.39 is 0 Å². The average Bonchev–Trinajstić information content (AvgIpc) is 3.32. The first-order valence-electron chi connectivity index (χ1n) is 8.98. The minimum Gasteiger partial charge on any atom is -0.467 e. The van der Waals surface area contributed by atoms with Gasteiger partial charge in [0.25, 0.3) is 0 Å². The van der Waals surface area contributed by atoms with Crippen molar-refractivity contribution in [1.82, 2.24) is 30.0 Å². The summed E-state index contributed by atoms with van der Waals surface area (Å²) in [5.41, 5.74) is 2.47. The Labute approximate surface area is 153 Å². The van der Waals surface area contributed by atoms with Crippen molar-refractivity contribution in [3.63, 3.8) is 0 Å². The summed E-state index contributed by atoms with van der Waals surface area (Å²) < 4.78 is 7.33. The van der Waals surface area contributed by atoms with Crippen LogP contribution in [0.3, 0.4) is 0 Å². The van der Waals surface area contributed by atoms with Crippen LogP contribution in [0.4, 0.5) is 0 Å². The number of aromatic nitrogens is 4. The van der Waals surface area contributed by atoms with E-state index in [1.165, 1.54) is 11.1 Å². The average molecular weight is 352 g/mol. The topological polar surface area (TPSA) is 63.2 Å². The standard InChI is InChI=1S/C19H24N6O/c1-15-5-7-16(8-6-15)18(24-11-9-23(2)10-12-24)19-20-21-22-25(19)14-17-4-3-13-26-17/h3-8,13,18H,9-12,14H2,1-2H3/t18-/m0/s1. The van der Waals surface area contributed by atoms with Crippen LogP contribution in [0, 0.1) is 6.92 Å². The van der Waals surface area contributed by atoms with Crippen molar-refractivity contribution in [3.8, 4) is 0 Å². The van der Waals surface area contributed by atoms with E-state index >= 15 is 0 Å². The number of piperazine rings is 1. The third-order valence-corrected chi connectivity index (χ3v) is 4.99. The molecule has 0 unspecified atom stereocenters. The molecule has 0 N–H and O–H groups in total. The van der Waals surface area contributed by atoms with Crippen LogP contribution in [0.5, 0.6) is 0 Å². The number of tetrazole rings is 1. The summed E-state index contributed by atoms with van der Waals surface area (Å²) >= 11 is 0. The van der Waals surface area contributed by atoms with E-state index in [0.29, 0.717) is 6.54 Å². The molecule has 3 heterocycles. The Balaban J connectivity index is 1.69. The van der Waals surface area contributed by atoms with Gasteiger partial charge in [0.1, 0.15) is 12.3 Å². The minimum atomic E-state index is 0.0364. The molecule has 2 aromatic heterocycles. The Morgan fingerprint density at radius 3 is 2.54 bits per heavy atom. The molecule has 7 heteroatoms. The molecule has 0 aliphatic carbocycles. The number of hydrogen-bond acceptors (Lipinski definition) is 6. The molecule has 136 valence electrons. The number of rotatable bonds is 5. The normalized spacial score (nSPS) is 17.5. The van der Waals surface area contributed by atoms with Crippen LogP contribution < -0.4 is 0 Å². The second-order valence-electron chi connectivity index (χ2n) is 6.93. The highest BCUT2D eigenvalue weighted by Crippen LogP contribution is 2.28. The Morgan fingerprint density at radius 2 is 1.85 bits per heavy atom. The van der Waals surface area contributed by atoms with Gasteiger partial charge in [-0.15, -0.1) is 5.10 Å². The number of benzene rings is 1. The fraction of sp³-hybridized carbons (Fsp3) is 0.421. The maximum absolute atomic E-state index is 5.49. The van der Waals surface area contributed by atoms with Crippen LogP contribution in [0.25, 0.3) is 0 Å². The van der Waals surface area contributed by atoms with Crippen LogP contribution in [-0.2, 0) is 6.54 Å². The van der Waals surface area contributed by atoms with Crippen LogP contribution >= 0.6 is 0 Å². The van der Waals surface area contributed by atoms with Crippen molar-refractivity contribution in [2.75, 3.05) is 33.2 Å². The van der Waals surface area contributed by atoms with Gasteiger partial charge in [0.05, 0.1) is 12.3 Å². The van der Waals surface area contributed by atoms with Gasteiger partial charge in [0.15, 0.2) is 5.82 Å². The summed E-state index contributed by atoms with van der Waals surface area (Å²) in [5, 5.41) is 12.6. The van der Waals surface area contributed by atoms with Gasteiger partial charge in [0, 0.05) is 26.2 Å². The molecule has 7 nitrogen and oxygen atoms in total. The summed E-state index contributed by atoms with van der Waals surface area (Å²) in [7, 11) is 2.17. The molecule has 0 amide bonds. The molecule has 1 aliphatic heterocycles. The lowest BCUT2D eigenvalue weighted by Crippen LogP contribution is -2.46. The van der Waals surface area contributed by atoms with Crippen LogP contribution in [0.15, 0.2) is 47.1 Å². The van der Waals surface area contributed by atoms with Crippen molar-refractivity contribution in [2.24, 2.45) is 0 Å². The summed E-state index contributed by atoms with van der Waals surface area (Å²) in [6.07, 6.45) is 1.68. The smallest absolute Gasteiger partial charge is 0.173 e. The first-order chi connectivity index (χ1) is 12.7. The monoisotopic (exact) mass is 352 g/mol. The number of nitrogens with zero attached hydrogens (tertiary/aromatic N) is 6. The Bertz CT molecular complexity index is 818. The van der Waals surface area contributed by atoms with E-state index in [1.807, 2.05) is 16.8 Å². The predicted molar refractivity (Wildman–Crippen MR) is 97.7 cm³/mol. The van der Waals surface area contributed by atoms with E-state index in [4.69, 9.17) is 4.42 Å². The number of likely N-dealkylation sites (N-methyl/N-ethyl adjacent to an activating group) is 1. The zero-order valence-corrected chi connectivity index (χ0v) is 15.2. The second kappa shape index (κ2) is 7.39. The van der Waals surface area contributed by atoms with E-state index in [-0.39, 0.29) is 6.04 Å². The van der Waals surface area contributed by atoms with Crippen molar-refractivity contribution >= 4 is 0 Å². The largest absolute Gasteiger partial charge is 0.467 e. The SMILES string of the molecule is Cc1ccc([C@@H](c2nnnn2Cc2ccco2)N2CCN(C)CC2)cc1. The Hall–Kier alpha value is -2.51. The first-order valence-corrected chi connectivity index (χ1v) is 8.98. The molecule has 3 aromatic rings. The van der Waals surface area contributed by atoms with Gasteiger partial charge in [-0.25, -0.2) is 4.68 Å². The summed E-state index contributed by atoms with van der Waals surface area (Å²) in [4.78, 5) is 4.82. The lowest BCUT2D eigenvalue weighted by atomic mass is 10.0. The summed E-state index contributed by atoms with van der Waals surface area (Å²) in [6.45, 7) is 6.70. The Kier molecular flexibility index (Phi) is 4.81. The van der Waals surface area contributed by atoms with E-state index in [0.717, 1.165) is 37.8 Å². The molecule has 0 saturated carbocycles. The molecular formula is C19H24N6O. The molecule has 0 bridgehead atoms. The highest BCUT2D eigenvalue weighted by atomic mass is 16.3. The van der Waals surface area contributed by atoms with Crippen LogP contribution in [-0.4, -0.2) is 63.2 Å². The van der Waals surface area contributed by atoms with Crippen LogP contribution in [0.1, 0.15) is 28.8 Å². The van der Waals surface area contributed by atoms with Gasteiger partial charge < -0.3 is 9.32 Å². The molecule has 0 spiro atoms. The third-order valence-electron chi connectivity index (χ3n) is 4.99. The van der Waals surface area contributed by atoms with Gasteiger partial charge in [-0.05, 0) is 42.1 Å². The predicted octanol–water partition coefficient (Wildman–Crippen LogP) is 1.96. The maximum Gasteiger partial charge on any atom is 0.173 e. The maximum atomic E-state index is 5.49. The fourth-order valence-electron chi connectivity index (χ4n) is 3.42. The van der Waals surface area contributed by atoms with Gasteiger partial charge >= 0.3 is 0 Å². The summed E-state index contributed by atoms with van der Waals surface area (Å²) in [5.74, 6) is 1.70. The number of hydrogen-bond donors (Lipinski definition) is 0. The third kappa shape index (κ3) is 3.54. The van der Waals surface area contributed by atoms with Crippen LogP contribution in [0.2, 0.25) is 0 Å². The van der Waals surface area contributed by atoms with E-state index in [9.17, 15) is 0 Å². The highest BCUT2D eigenvalue weighted by Gasteiger charge is 2.30. The molecule has 1 atom stereocenters. The van der Waals surface area contributed by atoms with E-state index in [1.54, 1.807) is 6.26 Å². The number of furan rings is 1. The van der Waals surface area contributed by atoms with Gasteiger partial charge in [-0.3, -0.25) is 4.90 Å². The van der Waals surface area contributed by atoms with Crippen molar-refractivity contribution in [2.45, 2.75) is 19.5 Å². The first kappa shape index (κ1) is 16.9. The molecule has 1 saturated heterocycles. The second-order valence-corrected chi connectivity index (χ2v) is 6.93. The number of aryl methyl sites for hydroxylation is 1. The van der Waals surface area contributed by atoms with Crippen molar-refractivity contribution in [1.29, 1.82) is 0 Å². The molecule has 1 aromatic carbocycles. The molecule has 0 radical (unpaired) electrons. The van der Waals surface area contributed by atoms with E-state index in [2.05, 4.69) is 63.6 Å². The van der Waals surface area contributed by atoms with Crippen molar-refractivity contribution in [3.05, 3.63) is 65.4 Å². The molecular weight excluding hydrogens is 328 g/mol. The molecule has 26 heavy (non-hydrogen) atoms. The fourth-order valence-corrected chi connectivity index (χ4v) is 3.42. The zero-order valence-electron chi connectivity index (χ0n) is 15.2. The Morgan fingerprint density at radius 1 is 1.08 bits per heavy atom. The highest BCUT2D eigenvalue weighted by molar-refractivity contribution is 5.28. The molecule has 4 rings (SSSR count). The lowest BCUT2D eigenvalue weighted by molar-refractivity contribution is 0.121. The minimum absolute atomic E-state index is 0.0364. The zero-order chi connectivity index (χ0) is 17.9.